The summed E-state index contributed by atoms with van der Waals surface area (Å²) in [6, 6.07) is 17.3. The van der Waals surface area contributed by atoms with Gasteiger partial charge in [0.15, 0.2) is 11.5 Å². The molecule has 150 valence electrons. The van der Waals surface area contributed by atoms with E-state index in [2.05, 4.69) is 5.32 Å². The molecule has 0 unspecified atom stereocenters. The Kier molecular flexibility index (Phi) is 6.80. The average molecular weight is 433 g/mol. The van der Waals surface area contributed by atoms with Crippen molar-refractivity contribution in [2.24, 2.45) is 0 Å². The van der Waals surface area contributed by atoms with Gasteiger partial charge < -0.3 is 14.8 Å². The summed E-state index contributed by atoms with van der Waals surface area (Å²) in [6.45, 7) is 0.656. The second-order valence-electron chi connectivity index (χ2n) is 6.15. The van der Waals surface area contributed by atoms with Crippen molar-refractivity contribution in [2.45, 2.75) is 13.2 Å². The number of rotatable bonds is 8. The van der Waals surface area contributed by atoms with Crippen molar-refractivity contribution in [3.8, 4) is 11.5 Å². The van der Waals surface area contributed by atoms with Crippen LogP contribution in [0.2, 0.25) is 10.0 Å². The van der Waals surface area contributed by atoms with Gasteiger partial charge in [0.25, 0.3) is 5.69 Å². The first kappa shape index (κ1) is 20.8. The normalized spacial score (nSPS) is 10.4. The maximum atomic E-state index is 10.9. The molecule has 0 bridgehead atoms. The number of nitrogens with one attached hydrogen (secondary N) is 1. The number of ether oxygens (including phenoxy) is 2. The molecule has 8 heteroatoms. The minimum atomic E-state index is -0.434. The molecule has 0 saturated heterocycles. The Morgan fingerprint density at radius 3 is 2.55 bits per heavy atom. The topological polar surface area (TPSA) is 73.6 Å². The van der Waals surface area contributed by atoms with Crippen LogP contribution in [0.5, 0.6) is 11.5 Å². The summed E-state index contributed by atoms with van der Waals surface area (Å²) in [5, 5.41) is 15.0. The maximum Gasteiger partial charge on any atom is 0.271 e. The van der Waals surface area contributed by atoms with Crippen LogP contribution in [-0.4, -0.2) is 12.0 Å². The zero-order chi connectivity index (χ0) is 20.8. The first-order chi connectivity index (χ1) is 14.0. The van der Waals surface area contributed by atoms with Crippen molar-refractivity contribution < 1.29 is 14.4 Å². The fraction of sp³-hybridized carbons (Fsp3) is 0.143. The molecule has 0 radical (unpaired) electrons. The lowest BCUT2D eigenvalue weighted by Gasteiger charge is -2.15. The van der Waals surface area contributed by atoms with Crippen molar-refractivity contribution in [3.63, 3.8) is 0 Å². The smallest absolute Gasteiger partial charge is 0.271 e. The summed E-state index contributed by atoms with van der Waals surface area (Å²) in [5.74, 6) is 0.911. The molecular formula is C21H18Cl2N2O4. The fourth-order valence-corrected chi connectivity index (χ4v) is 3.19. The Morgan fingerprint density at radius 2 is 1.83 bits per heavy atom. The average Bonchev–Trinajstić information content (AvgIpc) is 2.72. The van der Waals surface area contributed by atoms with Crippen LogP contribution < -0.4 is 14.8 Å². The van der Waals surface area contributed by atoms with E-state index in [9.17, 15) is 10.1 Å². The van der Waals surface area contributed by atoms with E-state index in [1.807, 2.05) is 18.2 Å². The lowest BCUT2D eigenvalue weighted by atomic mass is 10.2. The highest BCUT2D eigenvalue weighted by atomic mass is 35.5. The van der Waals surface area contributed by atoms with Crippen LogP contribution in [0.3, 0.4) is 0 Å². The highest BCUT2D eigenvalue weighted by Crippen LogP contribution is 2.37. The lowest BCUT2D eigenvalue weighted by molar-refractivity contribution is -0.384. The van der Waals surface area contributed by atoms with Gasteiger partial charge in [0.05, 0.1) is 17.1 Å². The molecule has 0 aliphatic carbocycles. The van der Waals surface area contributed by atoms with E-state index >= 15 is 0 Å². The molecule has 0 aliphatic heterocycles. The van der Waals surface area contributed by atoms with E-state index in [4.69, 9.17) is 32.7 Å². The molecule has 3 aromatic carbocycles. The van der Waals surface area contributed by atoms with Crippen molar-refractivity contribution in [3.05, 3.63) is 92.0 Å². The van der Waals surface area contributed by atoms with Crippen molar-refractivity contribution in [1.82, 2.24) is 0 Å². The monoisotopic (exact) mass is 432 g/mol. The highest BCUT2D eigenvalue weighted by Gasteiger charge is 2.13. The van der Waals surface area contributed by atoms with Gasteiger partial charge in [0.2, 0.25) is 0 Å². The second kappa shape index (κ2) is 9.49. The van der Waals surface area contributed by atoms with Crippen molar-refractivity contribution in [2.75, 3.05) is 12.4 Å². The minimum absolute atomic E-state index is 0.0222. The molecule has 0 heterocycles. The summed E-state index contributed by atoms with van der Waals surface area (Å²) >= 11 is 12.6. The predicted octanol–water partition coefficient (Wildman–Crippen LogP) is 6.10. The third-order valence-corrected chi connectivity index (χ3v) is 4.82. The minimum Gasteiger partial charge on any atom is -0.493 e. The van der Waals surface area contributed by atoms with Crippen molar-refractivity contribution in [1.29, 1.82) is 0 Å². The predicted molar refractivity (Wildman–Crippen MR) is 114 cm³/mol. The van der Waals surface area contributed by atoms with Crippen LogP contribution in [0.1, 0.15) is 11.1 Å². The van der Waals surface area contributed by atoms with E-state index in [1.54, 1.807) is 30.3 Å². The number of benzene rings is 3. The van der Waals surface area contributed by atoms with Crippen LogP contribution in [0.25, 0.3) is 0 Å². The molecule has 29 heavy (non-hydrogen) atoms. The van der Waals surface area contributed by atoms with E-state index in [1.165, 1.54) is 19.2 Å². The van der Waals surface area contributed by atoms with Gasteiger partial charge in [-0.3, -0.25) is 10.1 Å². The standard InChI is InChI=1S/C21H18Cl2N2O4/c1-28-20-10-14(12-24-16-6-4-7-17(11-16)25(26)27)9-19(23)21(20)29-13-15-5-2-3-8-18(15)22/h2-11,24H,12-13H2,1H3. The van der Waals surface area contributed by atoms with Crippen molar-refractivity contribution >= 4 is 34.6 Å². The van der Waals surface area contributed by atoms with Gasteiger partial charge in [-0.05, 0) is 29.8 Å². The molecule has 0 aromatic heterocycles. The van der Waals surface area contributed by atoms with Gasteiger partial charge in [-0.1, -0.05) is 47.5 Å². The number of non-ortho nitro benzene ring substituents is 1. The summed E-state index contributed by atoms with van der Waals surface area (Å²) in [7, 11) is 1.53. The van der Waals surface area contributed by atoms with Crippen LogP contribution in [0, 0.1) is 10.1 Å². The van der Waals surface area contributed by atoms with E-state index in [0.717, 1.165) is 11.1 Å². The number of methoxy groups -OCH3 is 1. The SMILES string of the molecule is COc1cc(CNc2cccc([N+](=O)[O-])c2)cc(Cl)c1OCc1ccccc1Cl. The number of hydrogen-bond donors (Lipinski definition) is 1. The van der Waals surface area contributed by atoms with Crippen LogP contribution in [-0.2, 0) is 13.2 Å². The molecule has 3 rings (SSSR count). The molecule has 6 nitrogen and oxygen atoms in total. The summed E-state index contributed by atoms with van der Waals surface area (Å²) in [4.78, 5) is 10.5. The van der Waals surface area contributed by atoms with E-state index in [0.29, 0.717) is 33.8 Å². The quantitative estimate of drug-likeness (QED) is 0.343. The molecule has 1 N–H and O–H groups in total. The Morgan fingerprint density at radius 1 is 1.03 bits per heavy atom. The van der Waals surface area contributed by atoms with Gasteiger partial charge in [-0.25, -0.2) is 0 Å². The number of nitro groups is 1. The molecule has 0 saturated carbocycles. The Bertz CT molecular complexity index is 1030. The Balaban J connectivity index is 1.73. The Hall–Kier alpha value is -2.96. The highest BCUT2D eigenvalue weighted by molar-refractivity contribution is 6.32. The number of nitrogens with zero attached hydrogens (tertiary/aromatic N) is 1. The summed E-state index contributed by atoms with van der Waals surface area (Å²) < 4.78 is 11.3. The Labute approximate surface area is 178 Å². The zero-order valence-corrected chi connectivity index (χ0v) is 17.0. The fourth-order valence-electron chi connectivity index (χ4n) is 2.71. The largest absolute Gasteiger partial charge is 0.493 e. The number of nitro benzene ring substituents is 1. The molecule has 0 amide bonds. The molecule has 0 spiro atoms. The lowest BCUT2D eigenvalue weighted by Crippen LogP contribution is -2.03. The van der Waals surface area contributed by atoms with Gasteiger partial charge in [-0.15, -0.1) is 0 Å². The first-order valence-corrected chi connectivity index (χ1v) is 9.44. The maximum absolute atomic E-state index is 10.9. The summed E-state index contributed by atoms with van der Waals surface area (Å²) in [5.41, 5.74) is 2.33. The van der Waals surface area contributed by atoms with Gasteiger partial charge in [0, 0.05) is 35.0 Å². The first-order valence-electron chi connectivity index (χ1n) is 8.69. The molecular weight excluding hydrogens is 415 g/mol. The molecule has 0 fully saturated rings. The van der Waals surface area contributed by atoms with Crippen LogP contribution >= 0.6 is 23.2 Å². The summed E-state index contributed by atoms with van der Waals surface area (Å²) in [6.07, 6.45) is 0. The van der Waals surface area contributed by atoms with Gasteiger partial charge in [0.1, 0.15) is 6.61 Å². The number of halogens is 2. The van der Waals surface area contributed by atoms with Gasteiger partial charge in [-0.2, -0.15) is 0 Å². The third kappa shape index (κ3) is 5.31. The second-order valence-corrected chi connectivity index (χ2v) is 6.96. The molecule has 3 aromatic rings. The third-order valence-electron chi connectivity index (χ3n) is 4.17. The molecule has 0 atom stereocenters. The zero-order valence-electron chi connectivity index (χ0n) is 15.5. The van der Waals surface area contributed by atoms with Crippen LogP contribution in [0.15, 0.2) is 60.7 Å². The van der Waals surface area contributed by atoms with Crippen LogP contribution in [0.4, 0.5) is 11.4 Å². The van der Waals surface area contributed by atoms with E-state index in [-0.39, 0.29) is 12.3 Å². The molecule has 0 aliphatic rings. The van der Waals surface area contributed by atoms with E-state index < -0.39 is 4.92 Å². The number of anilines is 1. The van der Waals surface area contributed by atoms with Gasteiger partial charge >= 0.3 is 0 Å². The number of hydrogen-bond acceptors (Lipinski definition) is 5.